The van der Waals surface area contributed by atoms with Gasteiger partial charge in [-0.3, -0.25) is 4.90 Å². The lowest BCUT2D eigenvalue weighted by Crippen LogP contribution is -2.38. The Labute approximate surface area is 134 Å². The van der Waals surface area contributed by atoms with E-state index in [0.717, 1.165) is 50.0 Å². The fourth-order valence-corrected chi connectivity index (χ4v) is 3.53. The van der Waals surface area contributed by atoms with Gasteiger partial charge in [-0.2, -0.15) is 0 Å². The van der Waals surface area contributed by atoms with E-state index in [1.165, 1.54) is 11.5 Å². The molecule has 1 saturated carbocycles. The molecule has 2 N–H and O–H groups in total. The van der Waals surface area contributed by atoms with Gasteiger partial charge in [0.25, 0.3) is 0 Å². The molecule has 3 rings (SSSR count). The molecule has 0 saturated heterocycles. The normalized spacial score (nSPS) is 22.1. The predicted octanol–water partition coefficient (Wildman–Crippen LogP) is 2.55. The molecule has 1 aliphatic carbocycles. The summed E-state index contributed by atoms with van der Waals surface area (Å²) in [5, 5.41) is 25.5. The summed E-state index contributed by atoms with van der Waals surface area (Å²) in [6.45, 7) is 1.53. The van der Waals surface area contributed by atoms with Gasteiger partial charge in [-0.05, 0) is 54.9 Å². The smallest absolute Gasteiger partial charge is 0.115 e. The zero-order valence-electron chi connectivity index (χ0n) is 12.4. The minimum atomic E-state index is -0.153. The van der Waals surface area contributed by atoms with E-state index in [9.17, 15) is 10.2 Å². The lowest BCUT2D eigenvalue weighted by Gasteiger charge is -2.35. The molecule has 1 aromatic carbocycles. The third-order valence-corrected chi connectivity index (χ3v) is 4.80. The summed E-state index contributed by atoms with van der Waals surface area (Å²) in [6.07, 6.45) is 3.56. The second-order valence-electron chi connectivity index (χ2n) is 5.93. The standard InChI is InChI=1S/C16H21N3O2S/c20-15-6-4-14(5-7-15)19(10-13-11-22-18-17-13)9-12-2-1-3-16(21)8-12/h1-3,8,11,14-15,20-21H,4-7,9-10H2. The molecule has 0 spiro atoms. The summed E-state index contributed by atoms with van der Waals surface area (Å²) in [5.41, 5.74) is 2.07. The highest BCUT2D eigenvalue weighted by molar-refractivity contribution is 7.03. The van der Waals surface area contributed by atoms with Gasteiger partial charge in [0.2, 0.25) is 0 Å². The summed E-state index contributed by atoms with van der Waals surface area (Å²) in [5.74, 6) is 0.298. The molecule has 22 heavy (non-hydrogen) atoms. The number of hydrogen-bond acceptors (Lipinski definition) is 6. The fourth-order valence-electron chi connectivity index (χ4n) is 3.09. The van der Waals surface area contributed by atoms with Crippen LogP contribution in [0.15, 0.2) is 29.6 Å². The maximum Gasteiger partial charge on any atom is 0.115 e. The van der Waals surface area contributed by atoms with Crippen molar-refractivity contribution in [3.8, 4) is 5.75 Å². The van der Waals surface area contributed by atoms with Gasteiger partial charge in [0.15, 0.2) is 0 Å². The van der Waals surface area contributed by atoms with Crippen molar-refractivity contribution in [3.05, 3.63) is 40.9 Å². The van der Waals surface area contributed by atoms with Gasteiger partial charge in [0.1, 0.15) is 5.75 Å². The van der Waals surface area contributed by atoms with Crippen molar-refractivity contribution in [2.24, 2.45) is 0 Å². The molecule has 1 heterocycles. The number of nitrogens with zero attached hydrogens (tertiary/aromatic N) is 3. The third kappa shape index (κ3) is 4.03. The van der Waals surface area contributed by atoms with E-state index < -0.39 is 0 Å². The third-order valence-electron chi connectivity index (χ3n) is 4.25. The van der Waals surface area contributed by atoms with E-state index in [1.54, 1.807) is 6.07 Å². The molecule has 0 amide bonds. The monoisotopic (exact) mass is 319 g/mol. The second-order valence-corrected chi connectivity index (χ2v) is 6.54. The van der Waals surface area contributed by atoms with Crippen molar-refractivity contribution in [1.82, 2.24) is 14.5 Å². The Bertz CT molecular complexity index is 583. The van der Waals surface area contributed by atoms with E-state index in [2.05, 4.69) is 14.5 Å². The van der Waals surface area contributed by atoms with Crippen molar-refractivity contribution in [3.63, 3.8) is 0 Å². The van der Waals surface area contributed by atoms with Crippen LogP contribution in [0.1, 0.15) is 36.9 Å². The van der Waals surface area contributed by atoms with Crippen molar-refractivity contribution >= 4 is 11.5 Å². The van der Waals surface area contributed by atoms with Crippen LogP contribution in [0.3, 0.4) is 0 Å². The van der Waals surface area contributed by atoms with E-state index >= 15 is 0 Å². The maximum atomic E-state index is 9.72. The molecule has 1 fully saturated rings. The molecule has 118 valence electrons. The van der Waals surface area contributed by atoms with Gasteiger partial charge in [-0.25, -0.2) is 0 Å². The van der Waals surface area contributed by atoms with E-state index in [0.29, 0.717) is 11.8 Å². The van der Waals surface area contributed by atoms with E-state index in [-0.39, 0.29) is 6.10 Å². The second kappa shape index (κ2) is 7.17. The van der Waals surface area contributed by atoms with Crippen molar-refractivity contribution < 1.29 is 10.2 Å². The molecule has 5 nitrogen and oxygen atoms in total. The number of rotatable bonds is 5. The predicted molar refractivity (Wildman–Crippen MR) is 85.5 cm³/mol. The molecule has 0 unspecified atom stereocenters. The molecule has 0 aliphatic heterocycles. The molecule has 1 aromatic heterocycles. The number of aliphatic hydroxyl groups is 1. The first kappa shape index (κ1) is 15.4. The van der Waals surface area contributed by atoms with Crippen LogP contribution in [0.25, 0.3) is 0 Å². The quantitative estimate of drug-likeness (QED) is 0.886. The summed E-state index contributed by atoms with van der Waals surface area (Å²) >= 11 is 1.37. The molecular formula is C16H21N3O2S. The number of phenolic OH excluding ortho intramolecular Hbond substituents is 1. The lowest BCUT2D eigenvalue weighted by atomic mass is 9.91. The molecule has 0 radical (unpaired) electrons. The average Bonchev–Trinajstić information content (AvgIpc) is 3.00. The van der Waals surface area contributed by atoms with Gasteiger partial charge in [-0.15, -0.1) is 5.10 Å². The molecule has 0 atom stereocenters. The number of phenols is 1. The summed E-state index contributed by atoms with van der Waals surface area (Å²) in [7, 11) is 0. The topological polar surface area (TPSA) is 69.5 Å². The van der Waals surface area contributed by atoms with Crippen LogP contribution in [0, 0.1) is 0 Å². The fraction of sp³-hybridized carbons (Fsp3) is 0.500. The molecular weight excluding hydrogens is 298 g/mol. The zero-order valence-corrected chi connectivity index (χ0v) is 13.2. The van der Waals surface area contributed by atoms with Crippen LogP contribution in [-0.2, 0) is 13.1 Å². The summed E-state index contributed by atoms with van der Waals surface area (Å²) in [4.78, 5) is 2.39. The van der Waals surface area contributed by atoms with Crippen LogP contribution in [0.2, 0.25) is 0 Å². The van der Waals surface area contributed by atoms with Crippen LogP contribution in [0.5, 0.6) is 5.75 Å². The van der Waals surface area contributed by atoms with E-state index in [4.69, 9.17) is 0 Å². The Hall–Kier alpha value is -1.50. The number of aromatic hydroxyl groups is 1. The van der Waals surface area contributed by atoms with Crippen molar-refractivity contribution in [2.75, 3.05) is 0 Å². The highest BCUT2D eigenvalue weighted by atomic mass is 32.1. The molecule has 2 aromatic rings. The van der Waals surface area contributed by atoms with Gasteiger partial charge in [0, 0.05) is 24.5 Å². The first-order valence-corrected chi connectivity index (χ1v) is 8.50. The van der Waals surface area contributed by atoms with Crippen LogP contribution >= 0.6 is 11.5 Å². The van der Waals surface area contributed by atoms with Gasteiger partial charge in [-0.1, -0.05) is 16.6 Å². The van der Waals surface area contributed by atoms with Crippen LogP contribution in [0.4, 0.5) is 0 Å². The van der Waals surface area contributed by atoms with E-state index in [1.807, 2.05) is 23.6 Å². The van der Waals surface area contributed by atoms with Crippen LogP contribution in [-0.4, -0.2) is 36.8 Å². The largest absolute Gasteiger partial charge is 0.508 e. The Kier molecular flexibility index (Phi) is 5.02. The highest BCUT2D eigenvalue weighted by Gasteiger charge is 2.25. The summed E-state index contributed by atoms with van der Waals surface area (Å²) < 4.78 is 3.94. The zero-order chi connectivity index (χ0) is 15.4. The SMILES string of the molecule is Oc1cccc(CN(Cc2csnn2)C2CCC(O)CC2)c1. The number of aliphatic hydroxyl groups excluding tert-OH is 1. The first-order chi connectivity index (χ1) is 10.7. The minimum Gasteiger partial charge on any atom is -0.508 e. The van der Waals surface area contributed by atoms with Gasteiger partial charge >= 0.3 is 0 Å². The highest BCUT2D eigenvalue weighted by Crippen LogP contribution is 2.26. The minimum absolute atomic E-state index is 0.153. The number of hydrogen-bond donors (Lipinski definition) is 2. The first-order valence-electron chi connectivity index (χ1n) is 7.66. The number of benzene rings is 1. The van der Waals surface area contributed by atoms with Crippen LogP contribution < -0.4 is 0 Å². The Morgan fingerprint density at radius 3 is 2.68 bits per heavy atom. The van der Waals surface area contributed by atoms with Gasteiger partial charge in [0.05, 0.1) is 11.8 Å². The Morgan fingerprint density at radius 1 is 1.18 bits per heavy atom. The average molecular weight is 319 g/mol. The maximum absolute atomic E-state index is 9.72. The lowest BCUT2D eigenvalue weighted by molar-refractivity contribution is 0.0660. The summed E-state index contributed by atoms with van der Waals surface area (Å²) in [6, 6.07) is 7.84. The molecule has 6 heteroatoms. The molecule has 1 aliphatic rings. The Morgan fingerprint density at radius 2 is 2.00 bits per heavy atom. The van der Waals surface area contributed by atoms with Crippen molar-refractivity contribution in [1.29, 1.82) is 0 Å². The molecule has 0 bridgehead atoms. The van der Waals surface area contributed by atoms with Crippen molar-refractivity contribution in [2.45, 2.75) is 50.9 Å². The van der Waals surface area contributed by atoms with Gasteiger partial charge < -0.3 is 10.2 Å². The Balaban J connectivity index is 1.73. The number of aromatic nitrogens is 2.